The number of imidazole rings is 1. The zero-order chi connectivity index (χ0) is 20.1. The summed E-state index contributed by atoms with van der Waals surface area (Å²) in [6.45, 7) is 0. The average Bonchev–Trinajstić information content (AvgIpc) is 3.30. The zero-order valence-corrected chi connectivity index (χ0v) is 15.5. The van der Waals surface area contributed by atoms with E-state index in [0.29, 0.717) is 27.4 Å². The number of nitrogens with zero attached hydrogens (tertiary/aromatic N) is 2. The quantitative estimate of drug-likeness (QED) is 0.356. The first-order chi connectivity index (χ1) is 14.0. The van der Waals surface area contributed by atoms with E-state index in [-0.39, 0.29) is 11.4 Å². The Morgan fingerprint density at radius 2 is 1.79 bits per heavy atom. The molecule has 0 unspecified atom stereocenters. The number of halogens is 3. The number of benzene rings is 3. The molecule has 29 heavy (non-hydrogen) atoms. The van der Waals surface area contributed by atoms with Gasteiger partial charge in [-0.3, -0.25) is 9.36 Å². The summed E-state index contributed by atoms with van der Waals surface area (Å²) in [7, 11) is 0. The van der Waals surface area contributed by atoms with E-state index in [9.17, 15) is 13.6 Å². The highest BCUT2D eigenvalue weighted by atomic mass is 35.5. The molecule has 2 heterocycles. The molecule has 2 aromatic heterocycles. The van der Waals surface area contributed by atoms with Gasteiger partial charge in [0.25, 0.3) is 5.91 Å². The van der Waals surface area contributed by atoms with Crippen LogP contribution in [0, 0.1) is 11.6 Å². The van der Waals surface area contributed by atoms with Crippen LogP contribution in [0.1, 0.15) is 10.4 Å². The lowest BCUT2D eigenvalue weighted by molar-refractivity contribution is 0.0965. The van der Waals surface area contributed by atoms with Crippen molar-refractivity contribution in [2.24, 2.45) is 0 Å². The van der Waals surface area contributed by atoms with Crippen molar-refractivity contribution in [1.82, 2.24) is 9.55 Å². The third-order valence-electron chi connectivity index (χ3n) is 4.63. The SMILES string of the molecule is O=C(c1ccc(F)c(F)c1)n1c(-c2cc3ccccc3o2)nc2cc(Cl)ccc21. The molecular formula is C22H11ClF2N2O2. The van der Waals surface area contributed by atoms with Crippen LogP contribution in [0.4, 0.5) is 8.78 Å². The Balaban J connectivity index is 1.77. The van der Waals surface area contributed by atoms with Crippen molar-refractivity contribution < 1.29 is 18.0 Å². The Bertz CT molecular complexity index is 1390. The van der Waals surface area contributed by atoms with Crippen molar-refractivity contribution in [2.75, 3.05) is 0 Å². The van der Waals surface area contributed by atoms with Gasteiger partial charge in [0, 0.05) is 16.0 Å². The molecule has 0 amide bonds. The lowest BCUT2D eigenvalue weighted by atomic mass is 10.2. The van der Waals surface area contributed by atoms with Crippen LogP contribution in [-0.4, -0.2) is 15.5 Å². The van der Waals surface area contributed by atoms with E-state index in [0.717, 1.165) is 17.5 Å². The van der Waals surface area contributed by atoms with Crippen LogP contribution in [0.3, 0.4) is 0 Å². The highest BCUT2D eigenvalue weighted by molar-refractivity contribution is 6.31. The van der Waals surface area contributed by atoms with Crippen molar-refractivity contribution in [3.05, 3.63) is 89.0 Å². The van der Waals surface area contributed by atoms with Crippen LogP contribution in [0.5, 0.6) is 0 Å². The minimum Gasteiger partial charge on any atom is -0.453 e. The molecule has 0 N–H and O–H groups in total. The van der Waals surface area contributed by atoms with Gasteiger partial charge in [-0.15, -0.1) is 0 Å². The smallest absolute Gasteiger partial charge is 0.264 e. The second-order valence-electron chi connectivity index (χ2n) is 6.49. The average molecular weight is 409 g/mol. The van der Waals surface area contributed by atoms with Gasteiger partial charge in [0.05, 0.1) is 11.0 Å². The number of hydrogen-bond acceptors (Lipinski definition) is 3. The first-order valence-electron chi connectivity index (χ1n) is 8.68. The highest BCUT2D eigenvalue weighted by Crippen LogP contribution is 2.31. The number of para-hydroxylation sites is 1. The monoisotopic (exact) mass is 408 g/mol. The Kier molecular flexibility index (Phi) is 3.96. The maximum atomic E-state index is 13.7. The van der Waals surface area contributed by atoms with E-state index in [2.05, 4.69) is 4.98 Å². The Labute approximate surface area is 168 Å². The van der Waals surface area contributed by atoms with Crippen LogP contribution < -0.4 is 0 Å². The van der Waals surface area contributed by atoms with Gasteiger partial charge in [0.15, 0.2) is 23.2 Å². The van der Waals surface area contributed by atoms with E-state index in [4.69, 9.17) is 16.0 Å². The molecular weight excluding hydrogens is 398 g/mol. The summed E-state index contributed by atoms with van der Waals surface area (Å²) in [6.07, 6.45) is 0. The van der Waals surface area contributed by atoms with E-state index in [1.165, 1.54) is 10.6 Å². The molecule has 5 rings (SSSR count). The summed E-state index contributed by atoms with van der Waals surface area (Å²) in [5.41, 5.74) is 1.57. The fourth-order valence-electron chi connectivity index (χ4n) is 3.27. The molecule has 0 bridgehead atoms. The molecule has 0 aliphatic heterocycles. The highest BCUT2D eigenvalue weighted by Gasteiger charge is 2.23. The number of carbonyl (C=O) groups excluding carboxylic acids is 1. The van der Waals surface area contributed by atoms with Crippen LogP contribution in [0.15, 0.2) is 71.1 Å². The first kappa shape index (κ1) is 17.6. The number of carbonyl (C=O) groups is 1. The van der Waals surface area contributed by atoms with Crippen molar-refractivity contribution >= 4 is 39.5 Å². The summed E-state index contributed by atoms with van der Waals surface area (Å²) < 4.78 is 34.2. The normalized spacial score (nSPS) is 11.4. The predicted molar refractivity (Wildman–Crippen MR) is 106 cm³/mol. The first-order valence-corrected chi connectivity index (χ1v) is 9.06. The number of hydrogen-bond donors (Lipinski definition) is 0. The molecule has 7 heteroatoms. The molecule has 5 aromatic rings. The molecule has 4 nitrogen and oxygen atoms in total. The minimum atomic E-state index is -1.10. The van der Waals surface area contributed by atoms with Gasteiger partial charge >= 0.3 is 0 Å². The second-order valence-corrected chi connectivity index (χ2v) is 6.92. The van der Waals surface area contributed by atoms with Crippen molar-refractivity contribution in [2.45, 2.75) is 0 Å². The lowest BCUT2D eigenvalue weighted by Crippen LogP contribution is -2.13. The topological polar surface area (TPSA) is 48.0 Å². The Morgan fingerprint density at radius 1 is 0.966 bits per heavy atom. The number of rotatable bonds is 2. The molecule has 3 aromatic carbocycles. The predicted octanol–water partition coefficient (Wildman–Crippen LogP) is 6.07. The van der Waals surface area contributed by atoms with E-state index >= 15 is 0 Å². The summed E-state index contributed by atoms with van der Waals surface area (Å²) in [6, 6.07) is 17.1. The molecule has 0 aliphatic rings. The maximum absolute atomic E-state index is 13.7. The third-order valence-corrected chi connectivity index (χ3v) is 4.87. The molecule has 0 saturated carbocycles. The van der Waals surface area contributed by atoms with Crippen LogP contribution in [0.25, 0.3) is 33.6 Å². The summed E-state index contributed by atoms with van der Waals surface area (Å²) in [5.74, 6) is -2.08. The fourth-order valence-corrected chi connectivity index (χ4v) is 3.44. The van der Waals surface area contributed by atoms with Gasteiger partial charge in [-0.05, 0) is 48.5 Å². The molecule has 0 radical (unpaired) electrons. The Morgan fingerprint density at radius 3 is 2.59 bits per heavy atom. The molecule has 0 atom stereocenters. The van der Waals surface area contributed by atoms with E-state index in [1.54, 1.807) is 30.3 Å². The van der Waals surface area contributed by atoms with Gasteiger partial charge in [-0.2, -0.15) is 0 Å². The van der Waals surface area contributed by atoms with Crippen LogP contribution in [-0.2, 0) is 0 Å². The second kappa shape index (κ2) is 6.53. The number of furan rings is 1. The molecule has 0 fully saturated rings. The van der Waals surface area contributed by atoms with E-state index < -0.39 is 17.5 Å². The van der Waals surface area contributed by atoms with Crippen molar-refractivity contribution in [1.29, 1.82) is 0 Å². The Hall–Kier alpha value is -3.51. The molecule has 0 aliphatic carbocycles. The van der Waals surface area contributed by atoms with Crippen LogP contribution in [0.2, 0.25) is 5.02 Å². The van der Waals surface area contributed by atoms with Gasteiger partial charge in [-0.1, -0.05) is 29.8 Å². The minimum absolute atomic E-state index is 0.0180. The van der Waals surface area contributed by atoms with Gasteiger partial charge < -0.3 is 4.42 Å². The summed E-state index contributed by atoms with van der Waals surface area (Å²) in [5, 5.41) is 1.30. The molecule has 0 saturated heterocycles. The van der Waals surface area contributed by atoms with Gasteiger partial charge in [-0.25, -0.2) is 13.8 Å². The van der Waals surface area contributed by atoms with E-state index in [1.807, 2.05) is 18.2 Å². The third kappa shape index (κ3) is 2.89. The fraction of sp³-hybridized carbons (Fsp3) is 0. The lowest BCUT2D eigenvalue weighted by Gasteiger charge is -2.07. The maximum Gasteiger partial charge on any atom is 0.264 e. The molecule has 142 valence electrons. The summed E-state index contributed by atoms with van der Waals surface area (Å²) >= 11 is 6.08. The van der Waals surface area contributed by atoms with Crippen molar-refractivity contribution in [3.8, 4) is 11.6 Å². The van der Waals surface area contributed by atoms with Gasteiger partial charge in [0.2, 0.25) is 0 Å². The van der Waals surface area contributed by atoms with Crippen molar-refractivity contribution in [3.63, 3.8) is 0 Å². The van der Waals surface area contributed by atoms with Gasteiger partial charge in [0.1, 0.15) is 5.58 Å². The largest absolute Gasteiger partial charge is 0.453 e. The standard InChI is InChI=1S/C22H11ClF2N2O2/c23-14-6-8-18-17(11-14)26-21(20-10-12-3-1-2-4-19(12)29-20)27(18)22(28)13-5-7-15(24)16(25)9-13/h1-11H. The number of fused-ring (bicyclic) bond motifs is 2. The summed E-state index contributed by atoms with van der Waals surface area (Å²) in [4.78, 5) is 17.8. The molecule has 0 spiro atoms. The number of aromatic nitrogens is 2. The van der Waals surface area contributed by atoms with Crippen LogP contribution >= 0.6 is 11.6 Å². The zero-order valence-electron chi connectivity index (χ0n) is 14.7.